The first-order valence-electron chi connectivity index (χ1n) is 9.31. The molecule has 3 aliphatic rings. The fourth-order valence-corrected chi connectivity index (χ4v) is 5.09. The monoisotopic (exact) mass is 399 g/mol. The number of aliphatic hydroxyl groups is 3. The summed E-state index contributed by atoms with van der Waals surface area (Å²) in [6, 6.07) is 3.11. The Morgan fingerprint density at radius 3 is 2.48 bits per heavy atom. The van der Waals surface area contributed by atoms with Gasteiger partial charge < -0.3 is 26.2 Å². The lowest BCUT2D eigenvalue weighted by Gasteiger charge is -2.48. The van der Waals surface area contributed by atoms with Crippen molar-refractivity contribution in [1.29, 1.82) is 0 Å². The van der Waals surface area contributed by atoms with Crippen molar-refractivity contribution in [1.82, 2.24) is 0 Å². The molecule has 1 saturated carbocycles. The van der Waals surface area contributed by atoms with Gasteiger partial charge in [-0.05, 0) is 42.9 Å². The molecule has 4 atom stereocenters. The van der Waals surface area contributed by atoms with Gasteiger partial charge in [-0.15, -0.1) is 0 Å². The van der Waals surface area contributed by atoms with E-state index in [4.69, 9.17) is 5.73 Å². The number of aryl methyl sites for hydroxylation is 1. The Bertz CT molecular complexity index is 1070. The maximum Gasteiger partial charge on any atom is 0.255 e. The number of aromatic hydroxyl groups is 1. The van der Waals surface area contributed by atoms with Gasteiger partial charge >= 0.3 is 0 Å². The van der Waals surface area contributed by atoms with Gasteiger partial charge in [0.1, 0.15) is 22.8 Å². The van der Waals surface area contributed by atoms with E-state index in [0.717, 1.165) is 5.56 Å². The van der Waals surface area contributed by atoms with Gasteiger partial charge in [-0.2, -0.15) is 0 Å². The van der Waals surface area contributed by atoms with E-state index >= 15 is 0 Å². The number of ketones is 2. The van der Waals surface area contributed by atoms with Crippen LogP contribution in [-0.2, 0) is 20.8 Å². The summed E-state index contributed by atoms with van der Waals surface area (Å²) in [6.45, 7) is 3.29. The van der Waals surface area contributed by atoms with Crippen molar-refractivity contribution in [3.05, 3.63) is 45.7 Å². The summed E-state index contributed by atoms with van der Waals surface area (Å²) >= 11 is 0. The zero-order valence-corrected chi connectivity index (χ0v) is 15.9. The highest BCUT2D eigenvalue weighted by Crippen LogP contribution is 2.53. The summed E-state index contributed by atoms with van der Waals surface area (Å²) in [5, 5.41) is 42.9. The molecule has 152 valence electrons. The number of amides is 1. The van der Waals surface area contributed by atoms with Crippen LogP contribution in [-0.4, -0.2) is 43.5 Å². The molecule has 0 aliphatic heterocycles. The average molecular weight is 399 g/mol. The smallest absolute Gasteiger partial charge is 0.255 e. The predicted molar refractivity (Wildman–Crippen MR) is 101 cm³/mol. The number of hydrogen-bond donors (Lipinski definition) is 5. The molecule has 0 bridgehead atoms. The number of aliphatic hydroxyl groups excluding tert-OH is 2. The highest BCUT2D eigenvalue weighted by Gasteiger charge is 2.62. The van der Waals surface area contributed by atoms with Crippen molar-refractivity contribution in [3.8, 4) is 5.75 Å². The normalized spacial score (nSPS) is 31.3. The second-order valence-electron chi connectivity index (χ2n) is 8.10. The lowest BCUT2D eigenvalue weighted by atomic mass is 9.56. The zero-order valence-electron chi connectivity index (χ0n) is 15.9. The molecule has 8 heteroatoms. The van der Waals surface area contributed by atoms with Crippen LogP contribution in [0.15, 0.2) is 29.0 Å². The second-order valence-corrected chi connectivity index (χ2v) is 8.10. The Kier molecular flexibility index (Phi) is 3.93. The van der Waals surface area contributed by atoms with Gasteiger partial charge in [-0.1, -0.05) is 13.0 Å². The van der Waals surface area contributed by atoms with Gasteiger partial charge in [0.25, 0.3) is 5.91 Å². The third-order valence-electron chi connectivity index (χ3n) is 6.65. The molecule has 1 aromatic rings. The molecule has 6 N–H and O–H groups in total. The Balaban J connectivity index is 1.98. The van der Waals surface area contributed by atoms with Crippen LogP contribution in [0.2, 0.25) is 0 Å². The van der Waals surface area contributed by atoms with E-state index in [2.05, 4.69) is 0 Å². The summed E-state index contributed by atoms with van der Waals surface area (Å²) in [6.07, 6.45) is 0.445. The predicted octanol–water partition coefficient (Wildman–Crippen LogP) is 0.978. The van der Waals surface area contributed by atoms with E-state index in [0.29, 0.717) is 12.0 Å². The Labute approximate surface area is 166 Å². The second kappa shape index (κ2) is 5.93. The number of carbonyl (C=O) groups is 3. The molecule has 3 unspecified atom stereocenters. The molecule has 0 aromatic heterocycles. The molecule has 0 saturated heterocycles. The van der Waals surface area contributed by atoms with Crippen molar-refractivity contribution in [3.63, 3.8) is 0 Å². The Morgan fingerprint density at radius 1 is 1.21 bits per heavy atom. The molecule has 0 spiro atoms. The topological polar surface area (TPSA) is 158 Å². The van der Waals surface area contributed by atoms with E-state index in [9.17, 15) is 34.8 Å². The van der Waals surface area contributed by atoms with Crippen LogP contribution in [0.5, 0.6) is 5.75 Å². The molecule has 29 heavy (non-hydrogen) atoms. The molecule has 8 nitrogen and oxygen atoms in total. The highest BCUT2D eigenvalue weighted by molar-refractivity contribution is 6.23. The van der Waals surface area contributed by atoms with Crippen LogP contribution in [0.25, 0.3) is 5.76 Å². The fraction of sp³-hybridized carbons (Fsp3) is 0.381. The third kappa shape index (κ3) is 2.26. The minimum atomic E-state index is -2.55. The van der Waals surface area contributed by atoms with Crippen LogP contribution in [0.1, 0.15) is 30.0 Å². The highest BCUT2D eigenvalue weighted by atomic mass is 16.3. The van der Waals surface area contributed by atoms with Crippen LogP contribution in [0.3, 0.4) is 0 Å². The summed E-state index contributed by atoms with van der Waals surface area (Å²) < 4.78 is 0. The first kappa shape index (κ1) is 19.2. The van der Waals surface area contributed by atoms with Crippen LogP contribution < -0.4 is 5.73 Å². The number of phenolic OH excluding ortho intramolecular Hbond substituents is 1. The number of benzene rings is 1. The quantitative estimate of drug-likeness (QED) is 0.440. The summed E-state index contributed by atoms with van der Waals surface area (Å²) in [4.78, 5) is 37.6. The minimum absolute atomic E-state index is 0.116. The molecule has 4 rings (SSSR count). The number of fused-ring (bicyclic) bond motifs is 3. The van der Waals surface area contributed by atoms with Crippen molar-refractivity contribution in [2.75, 3.05) is 0 Å². The van der Waals surface area contributed by atoms with Crippen LogP contribution in [0.4, 0.5) is 0 Å². The van der Waals surface area contributed by atoms with Gasteiger partial charge in [0, 0.05) is 17.4 Å². The summed E-state index contributed by atoms with van der Waals surface area (Å²) in [5.41, 5.74) is 3.35. The standard InChI is InChI=1S/C21H21NO7/c1-7-3-4-12(23)14-10(7)5-9-6-11-8(2)16(24)15(20(22)28)19(27)21(11,29)18(26)13(9)17(14)25/h3-4,8-9,11,23,25,27,29H,5-6H2,1-2H3,(H2,22,28)/t8-,9?,11?,21?/m0/s1. The number of hydrogen-bond acceptors (Lipinski definition) is 7. The van der Waals surface area contributed by atoms with Gasteiger partial charge in [0.15, 0.2) is 11.4 Å². The lowest BCUT2D eigenvalue weighted by molar-refractivity contribution is -0.152. The van der Waals surface area contributed by atoms with E-state index < -0.39 is 57.9 Å². The van der Waals surface area contributed by atoms with Gasteiger partial charge in [-0.25, -0.2) is 0 Å². The first-order chi connectivity index (χ1) is 13.5. The molecule has 1 amide bonds. The maximum atomic E-state index is 13.4. The van der Waals surface area contributed by atoms with Crippen molar-refractivity contribution in [2.24, 2.45) is 23.5 Å². The summed E-state index contributed by atoms with van der Waals surface area (Å²) in [5.74, 6) is -7.11. The number of nitrogens with two attached hydrogens (primary N) is 1. The lowest BCUT2D eigenvalue weighted by Crippen LogP contribution is -2.61. The maximum absolute atomic E-state index is 13.4. The number of Topliss-reactive ketones (excluding diaryl/α,β-unsaturated/α-hetero) is 2. The van der Waals surface area contributed by atoms with Crippen LogP contribution in [0, 0.1) is 24.7 Å². The van der Waals surface area contributed by atoms with Crippen molar-refractivity contribution >= 4 is 23.2 Å². The summed E-state index contributed by atoms with van der Waals surface area (Å²) in [7, 11) is 0. The van der Waals surface area contributed by atoms with Gasteiger partial charge in [0.2, 0.25) is 5.78 Å². The minimum Gasteiger partial charge on any atom is -0.508 e. The number of phenols is 1. The van der Waals surface area contributed by atoms with E-state index in [-0.39, 0.29) is 23.3 Å². The molecular weight excluding hydrogens is 378 g/mol. The SMILES string of the molecule is Cc1ccc(O)c2c1CC1CC3[C@H](C)C(=O)C(C(N)=O)=C(O)C3(O)C(=O)C1=C2O. The van der Waals surface area contributed by atoms with E-state index in [1.165, 1.54) is 13.0 Å². The molecule has 1 aromatic carbocycles. The molecule has 0 radical (unpaired) electrons. The largest absolute Gasteiger partial charge is 0.508 e. The molecule has 1 fully saturated rings. The number of primary amides is 1. The molecule has 3 aliphatic carbocycles. The van der Waals surface area contributed by atoms with Crippen LogP contribution >= 0.6 is 0 Å². The number of carbonyl (C=O) groups excluding carboxylic acids is 3. The van der Waals surface area contributed by atoms with E-state index in [1.807, 2.05) is 6.92 Å². The average Bonchev–Trinajstić information content (AvgIpc) is 2.65. The molecular formula is C21H21NO7. The Hall–Kier alpha value is -3.13. The fourth-order valence-electron chi connectivity index (χ4n) is 5.09. The zero-order chi connectivity index (χ0) is 21.4. The third-order valence-corrected chi connectivity index (χ3v) is 6.65. The van der Waals surface area contributed by atoms with E-state index in [1.54, 1.807) is 6.07 Å². The van der Waals surface area contributed by atoms with Crippen molar-refractivity contribution < 1.29 is 34.8 Å². The Morgan fingerprint density at radius 2 is 1.86 bits per heavy atom. The van der Waals surface area contributed by atoms with Gasteiger partial charge in [-0.3, -0.25) is 14.4 Å². The number of rotatable bonds is 1. The van der Waals surface area contributed by atoms with Crippen molar-refractivity contribution in [2.45, 2.75) is 32.3 Å². The first-order valence-corrected chi connectivity index (χ1v) is 9.31. The van der Waals surface area contributed by atoms with Gasteiger partial charge in [0.05, 0.1) is 5.56 Å². The molecule has 0 heterocycles.